The van der Waals surface area contributed by atoms with Gasteiger partial charge in [0.25, 0.3) is 11.2 Å². The smallest absolute Gasteiger partial charge is 0.326 e. The molecule has 1 aliphatic rings. The summed E-state index contributed by atoms with van der Waals surface area (Å²) in [7, 11) is 1.50. The van der Waals surface area contributed by atoms with Gasteiger partial charge in [-0.1, -0.05) is 23.4 Å². The van der Waals surface area contributed by atoms with Crippen LogP contribution in [0, 0.1) is 10.1 Å². The number of methoxy groups -OCH3 is 1. The van der Waals surface area contributed by atoms with E-state index in [2.05, 4.69) is 10.3 Å². The molecule has 0 fully saturated rings. The van der Waals surface area contributed by atoms with Crippen molar-refractivity contribution in [1.82, 2.24) is 19.6 Å². The zero-order valence-electron chi connectivity index (χ0n) is 20.9. The van der Waals surface area contributed by atoms with Gasteiger partial charge >= 0.3 is 5.97 Å². The zero-order valence-corrected chi connectivity index (χ0v) is 20.9. The molecule has 3 aromatic carbocycles. The van der Waals surface area contributed by atoms with Gasteiger partial charge in [0.1, 0.15) is 24.6 Å². The standard InChI is InChI=1S/C28H19N5O7/c1-39-19-10-11-21-23(12-19)26-25(27(21)35)20-4-2-3-5-22(20)28(36)31(26)14-24(34)40-15-16-13-32(30-29-16)17-6-8-18(9-7-17)33(37)38/h2-13H,14-15H2,1H3. The van der Waals surface area contributed by atoms with Crippen LogP contribution in [0.15, 0.2) is 77.7 Å². The number of rotatable bonds is 7. The number of hydrogen-bond acceptors (Lipinski definition) is 9. The monoisotopic (exact) mass is 537 g/mol. The Morgan fingerprint density at radius 3 is 2.48 bits per heavy atom. The maximum absolute atomic E-state index is 13.5. The van der Waals surface area contributed by atoms with Crippen molar-refractivity contribution in [1.29, 1.82) is 0 Å². The van der Waals surface area contributed by atoms with E-state index in [0.717, 1.165) is 0 Å². The summed E-state index contributed by atoms with van der Waals surface area (Å²) in [6, 6.07) is 17.5. The molecular weight excluding hydrogens is 518 g/mol. The van der Waals surface area contributed by atoms with Crippen LogP contribution >= 0.6 is 0 Å². The van der Waals surface area contributed by atoms with Gasteiger partial charge in [-0.3, -0.25) is 29.1 Å². The third kappa shape index (κ3) is 4.07. The third-order valence-corrected chi connectivity index (χ3v) is 6.67. The molecule has 0 saturated heterocycles. The Bertz CT molecular complexity index is 1910. The minimum absolute atomic E-state index is 0.0591. The normalized spacial score (nSPS) is 11.8. The van der Waals surface area contributed by atoms with E-state index >= 15 is 0 Å². The number of non-ortho nitro benzene ring substituents is 1. The van der Waals surface area contributed by atoms with Crippen molar-refractivity contribution in [2.75, 3.05) is 7.11 Å². The SMILES string of the molecule is COc1ccc2c(c1)-c1c(c3ccccc3c(=O)n1CC(=O)OCc1cn(-c3ccc([N+](=O)[O-])cc3)nn1)C2=O. The van der Waals surface area contributed by atoms with Gasteiger partial charge < -0.3 is 9.47 Å². The van der Waals surface area contributed by atoms with E-state index < -0.39 is 23.0 Å². The van der Waals surface area contributed by atoms with E-state index in [1.807, 2.05) is 0 Å². The van der Waals surface area contributed by atoms with Crippen LogP contribution in [-0.4, -0.2) is 43.3 Å². The van der Waals surface area contributed by atoms with Crippen LogP contribution in [0.4, 0.5) is 5.69 Å². The number of benzene rings is 3. The lowest BCUT2D eigenvalue weighted by Crippen LogP contribution is -2.27. The van der Waals surface area contributed by atoms with Gasteiger partial charge in [0, 0.05) is 34.0 Å². The molecule has 12 nitrogen and oxygen atoms in total. The van der Waals surface area contributed by atoms with E-state index in [0.29, 0.717) is 50.3 Å². The lowest BCUT2D eigenvalue weighted by molar-refractivity contribution is -0.384. The summed E-state index contributed by atoms with van der Waals surface area (Å²) < 4.78 is 13.4. The molecule has 6 rings (SSSR count). The van der Waals surface area contributed by atoms with Crippen molar-refractivity contribution < 1.29 is 24.0 Å². The van der Waals surface area contributed by atoms with E-state index in [-0.39, 0.29) is 18.1 Å². The van der Waals surface area contributed by atoms with Crippen molar-refractivity contribution in [2.45, 2.75) is 13.2 Å². The molecule has 198 valence electrons. The fourth-order valence-corrected chi connectivity index (χ4v) is 4.78. The van der Waals surface area contributed by atoms with Crippen molar-refractivity contribution in [2.24, 2.45) is 0 Å². The number of nitrogens with zero attached hydrogens (tertiary/aromatic N) is 5. The molecule has 40 heavy (non-hydrogen) atoms. The Hall–Kier alpha value is -5.65. The summed E-state index contributed by atoms with van der Waals surface area (Å²) >= 11 is 0. The molecule has 0 amide bonds. The predicted molar refractivity (Wildman–Crippen MR) is 141 cm³/mol. The van der Waals surface area contributed by atoms with Gasteiger partial charge in [-0.05, 0) is 36.4 Å². The molecule has 0 spiro atoms. The molecule has 0 N–H and O–H groups in total. The van der Waals surface area contributed by atoms with E-state index in [1.54, 1.807) is 42.5 Å². The topological polar surface area (TPSA) is 148 Å². The first-order valence-corrected chi connectivity index (χ1v) is 12.1. The van der Waals surface area contributed by atoms with E-state index in [1.165, 1.54) is 46.8 Å². The van der Waals surface area contributed by atoms with Crippen molar-refractivity contribution >= 4 is 28.2 Å². The van der Waals surface area contributed by atoms with Crippen molar-refractivity contribution in [3.63, 3.8) is 0 Å². The van der Waals surface area contributed by atoms with Gasteiger partial charge in [-0.15, -0.1) is 5.10 Å². The van der Waals surface area contributed by atoms with Crippen LogP contribution in [0.5, 0.6) is 5.75 Å². The minimum atomic E-state index is -0.715. The number of hydrogen-bond donors (Lipinski definition) is 0. The van der Waals surface area contributed by atoms with E-state index in [4.69, 9.17) is 9.47 Å². The van der Waals surface area contributed by atoms with Crippen LogP contribution in [0.2, 0.25) is 0 Å². The second kappa shape index (κ2) is 9.58. The molecule has 0 atom stereocenters. The van der Waals surface area contributed by atoms with Crippen LogP contribution in [0.1, 0.15) is 21.6 Å². The number of ketones is 1. The van der Waals surface area contributed by atoms with Crippen LogP contribution in [0.3, 0.4) is 0 Å². The lowest BCUT2D eigenvalue weighted by Gasteiger charge is -2.14. The number of esters is 1. The highest BCUT2D eigenvalue weighted by atomic mass is 16.6. The predicted octanol–water partition coefficient (Wildman–Crippen LogP) is 3.45. The Kier molecular flexibility index (Phi) is 5.91. The summed E-state index contributed by atoms with van der Waals surface area (Å²) in [4.78, 5) is 50.3. The molecule has 2 heterocycles. The highest BCUT2D eigenvalue weighted by Gasteiger charge is 2.33. The molecule has 0 radical (unpaired) electrons. The molecule has 2 aromatic heterocycles. The number of carbonyl (C=O) groups excluding carboxylic acids is 2. The molecule has 0 unspecified atom stereocenters. The summed E-state index contributed by atoms with van der Waals surface area (Å²) in [6.45, 7) is -0.661. The molecule has 0 aliphatic heterocycles. The molecular formula is C28H19N5O7. The largest absolute Gasteiger partial charge is 0.497 e. The first-order valence-electron chi connectivity index (χ1n) is 12.1. The van der Waals surface area contributed by atoms with Crippen LogP contribution in [0.25, 0.3) is 27.7 Å². The van der Waals surface area contributed by atoms with Gasteiger partial charge in [-0.2, -0.15) is 0 Å². The number of ether oxygens (including phenoxy) is 2. The quantitative estimate of drug-likeness (QED) is 0.170. The highest BCUT2D eigenvalue weighted by molar-refractivity contribution is 6.26. The Labute approximate surface area is 225 Å². The zero-order chi connectivity index (χ0) is 28.0. The molecule has 12 heteroatoms. The van der Waals surface area contributed by atoms with Crippen LogP contribution in [-0.2, 0) is 22.7 Å². The molecule has 1 aliphatic carbocycles. The summed E-state index contributed by atoms with van der Waals surface area (Å²) in [5.74, 6) is -0.452. The number of fused-ring (bicyclic) bond motifs is 5. The average Bonchev–Trinajstić information content (AvgIpc) is 3.56. The van der Waals surface area contributed by atoms with Gasteiger partial charge in [0.2, 0.25) is 0 Å². The molecule has 0 saturated carbocycles. The first kappa shape index (κ1) is 24.7. The first-order chi connectivity index (χ1) is 19.4. The minimum Gasteiger partial charge on any atom is -0.497 e. The maximum atomic E-state index is 13.5. The number of nitro benzene ring substituents is 1. The summed E-state index contributed by atoms with van der Waals surface area (Å²) in [6.07, 6.45) is 1.52. The number of carbonyl (C=O) groups is 2. The third-order valence-electron chi connectivity index (χ3n) is 6.67. The van der Waals surface area contributed by atoms with Crippen molar-refractivity contribution in [3.05, 3.63) is 110 Å². The number of nitro groups is 1. The van der Waals surface area contributed by atoms with Gasteiger partial charge in [-0.25, -0.2) is 4.68 Å². The summed E-state index contributed by atoms with van der Waals surface area (Å²) in [5, 5.41) is 19.6. The Balaban J connectivity index is 1.29. The van der Waals surface area contributed by atoms with Crippen LogP contribution < -0.4 is 10.3 Å². The summed E-state index contributed by atoms with van der Waals surface area (Å²) in [5.41, 5.74) is 1.97. The molecule has 5 aromatic rings. The van der Waals surface area contributed by atoms with Gasteiger partial charge in [0.15, 0.2) is 5.78 Å². The second-order valence-corrected chi connectivity index (χ2v) is 8.99. The highest BCUT2D eigenvalue weighted by Crippen LogP contribution is 2.40. The second-order valence-electron chi connectivity index (χ2n) is 8.99. The maximum Gasteiger partial charge on any atom is 0.326 e. The fraction of sp³-hybridized carbons (Fsp3) is 0.107. The van der Waals surface area contributed by atoms with Crippen molar-refractivity contribution in [3.8, 4) is 22.7 Å². The number of aromatic nitrogens is 4. The fourth-order valence-electron chi connectivity index (χ4n) is 4.78. The van der Waals surface area contributed by atoms with E-state index in [9.17, 15) is 24.5 Å². The Morgan fingerprint density at radius 2 is 1.75 bits per heavy atom. The lowest BCUT2D eigenvalue weighted by atomic mass is 10.0. The molecule has 0 bridgehead atoms. The number of pyridine rings is 1. The Morgan fingerprint density at radius 1 is 1.00 bits per heavy atom. The van der Waals surface area contributed by atoms with Gasteiger partial charge in [0.05, 0.1) is 35.2 Å². The average molecular weight is 537 g/mol.